The predicted octanol–water partition coefficient (Wildman–Crippen LogP) is 6.62. The van der Waals surface area contributed by atoms with Gasteiger partial charge in [0.1, 0.15) is 5.75 Å². The van der Waals surface area contributed by atoms with Gasteiger partial charge in [0.05, 0.1) is 11.5 Å². The van der Waals surface area contributed by atoms with Gasteiger partial charge in [0.25, 0.3) is 0 Å². The van der Waals surface area contributed by atoms with Gasteiger partial charge in [-0.2, -0.15) is 4.98 Å². The monoisotopic (exact) mass is 488 g/mol. The summed E-state index contributed by atoms with van der Waals surface area (Å²) in [6.45, 7) is 2.44. The Morgan fingerprint density at radius 2 is 1.50 bits per heavy atom. The molecule has 1 N–H and O–H groups in total. The molecule has 0 aliphatic rings. The highest BCUT2D eigenvalue weighted by Gasteiger charge is 2.28. The summed E-state index contributed by atoms with van der Waals surface area (Å²) in [4.78, 5) is 4.35. The van der Waals surface area contributed by atoms with Crippen LogP contribution in [0.15, 0.2) is 87.1 Å². The number of oxazole rings is 1. The van der Waals surface area contributed by atoms with Gasteiger partial charge in [0.2, 0.25) is 26.6 Å². The van der Waals surface area contributed by atoms with Gasteiger partial charge in [-0.3, -0.25) is 0 Å². The Morgan fingerprint density at radius 1 is 0.906 bits per heavy atom. The highest BCUT2D eigenvalue weighted by Crippen LogP contribution is 2.35. The second-order valence-electron chi connectivity index (χ2n) is 6.70. The van der Waals surface area contributed by atoms with Crippen LogP contribution < -0.4 is 10.1 Å². The third-order valence-electron chi connectivity index (χ3n) is 4.49. The lowest BCUT2D eigenvalue weighted by atomic mass is 10.2. The first kappa shape index (κ1) is 22.2. The number of nitrogens with zero attached hydrogens (tertiary/aromatic N) is 1. The van der Waals surface area contributed by atoms with Gasteiger partial charge in [-0.15, -0.1) is 0 Å². The third-order valence-corrected chi connectivity index (χ3v) is 6.67. The molecule has 9 heteroatoms. The van der Waals surface area contributed by atoms with Gasteiger partial charge in [-0.05, 0) is 79.7 Å². The average molecular weight is 489 g/mol. The summed E-state index contributed by atoms with van der Waals surface area (Å²) in [5.41, 5.74) is 1.20. The van der Waals surface area contributed by atoms with Crippen LogP contribution >= 0.6 is 23.2 Å². The van der Waals surface area contributed by atoms with E-state index in [0.717, 1.165) is 0 Å². The summed E-state index contributed by atoms with van der Waals surface area (Å²) in [6.07, 6.45) is 0. The molecule has 0 saturated heterocycles. The second-order valence-corrected chi connectivity index (χ2v) is 9.44. The quantitative estimate of drug-likeness (QED) is 0.314. The maximum atomic E-state index is 13.3. The first-order chi connectivity index (χ1) is 15.4. The topological polar surface area (TPSA) is 81.4 Å². The van der Waals surface area contributed by atoms with Crippen LogP contribution in [0.4, 0.5) is 11.6 Å². The van der Waals surface area contributed by atoms with Crippen molar-refractivity contribution in [2.45, 2.75) is 16.8 Å². The van der Waals surface area contributed by atoms with Crippen LogP contribution in [0.25, 0.3) is 11.5 Å². The Morgan fingerprint density at radius 3 is 2.09 bits per heavy atom. The van der Waals surface area contributed by atoms with E-state index in [0.29, 0.717) is 33.7 Å². The van der Waals surface area contributed by atoms with Crippen LogP contribution in [-0.2, 0) is 9.84 Å². The predicted molar refractivity (Wildman–Crippen MR) is 125 cm³/mol. The van der Waals surface area contributed by atoms with Crippen molar-refractivity contribution < 1.29 is 17.6 Å². The Kier molecular flexibility index (Phi) is 6.41. The lowest BCUT2D eigenvalue weighted by Gasteiger charge is -2.08. The molecule has 1 heterocycles. The molecule has 1 aromatic heterocycles. The fourth-order valence-corrected chi connectivity index (χ4v) is 4.45. The molecule has 0 atom stereocenters. The molecule has 0 aliphatic carbocycles. The maximum Gasteiger partial charge on any atom is 0.238 e. The number of halogens is 2. The van der Waals surface area contributed by atoms with Crippen LogP contribution in [0.2, 0.25) is 10.0 Å². The summed E-state index contributed by atoms with van der Waals surface area (Å²) < 4.78 is 38.0. The zero-order chi connectivity index (χ0) is 22.7. The molecular weight excluding hydrogens is 471 g/mol. The van der Waals surface area contributed by atoms with Crippen molar-refractivity contribution in [1.29, 1.82) is 0 Å². The standard InChI is InChI=1S/C23H18Cl2N2O4S/c1-2-30-19-11-9-18(10-12-19)26-22-23(32(28,29)20-13-7-17(25)8-14-20)27-21(31-22)15-3-5-16(24)6-4-15/h3-14,26H,2H2,1H3. The first-order valence-corrected chi connectivity index (χ1v) is 11.9. The van der Waals surface area contributed by atoms with E-state index in [4.69, 9.17) is 32.4 Å². The lowest BCUT2D eigenvalue weighted by molar-refractivity contribution is 0.340. The van der Waals surface area contributed by atoms with Crippen molar-refractivity contribution in [2.75, 3.05) is 11.9 Å². The Bertz CT molecular complexity index is 1320. The van der Waals surface area contributed by atoms with Gasteiger partial charge >= 0.3 is 0 Å². The summed E-state index contributed by atoms with van der Waals surface area (Å²) in [7, 11) is -4.00. The van der Waals surface area contributed by atoms with Gasteiger partial charge in [-0.25, -0.2) is 8.42 Å². The number of aromatic nitrogens is 1. The van der Waals surface area contributed by atoms with E-state index in [9.17, 15) is 8.42 Å². The molecule has 4 aromatic rings. The number of hydrogen-bond donors (Lipinski definition) is 1. The zero-order valence-electron chi connectivity index (χ0n) is 16.9. The molecule has 0 saturated carbocycles. The van der Waals surface area contributed by atoms with E-state index < -0.39 is 9.84 Å². The highest BCUT2D eigenvalue weighted by atomic mass is 35.5. The van der Waals surface area contributed by atoms with Crippen molar-refractivity contribution >= 4 is 44.6 Å². The number of hydrogen-bond acceptors (Lipinski definition) is 6. The minimum Gasteiger partial charge on any atom is -0.494 e. The molecule has 0 aliphatic heterocycles. The molecular formula is C23H18Cl2N2O4S. The SMILES string of the molecule is CCOc1ccc(Nc2oc(-c3ccc(Cl)cc3)nc2S(=O)(=O)c2ccc(Cl)cc2)cc1. The van der Waals surface area contributed by atoms with Crippen molar-refractivity contribution in [2.24, 2.45) is 0 Å². The molecule has 0 spiro atoms. The zero-order valence-corrected chi connectivity index (χ0v) is 19.2. The van der Waals surface area contributed by atoms with E-state index in [2.05, 4.69) is 10.3 Å². The van der Waals surface area contributed by atoms with E-state index in [-0.39, 0.29) is 21.7 Å². The number of sulfone groups is 1. The largest absolute Gasteiger partial charge is 0.494 e. The van der Waals surface area contributed by atoms with Crippen LogP contribution in [0.3, 0.4) is 0 Å². The van der Waals surface area contributed by atoms with Gasteiger partial charge in [-0.1, -0.05) is 23.2 Å². The molecule has 0 amide bonds. The van der Waals surface area contributed by atoms with Gasteiger partial charge in [0.15, 0.2) is 0 Å². The first-order valence-electron chi connectivity index (χ1n) is 9.64. The van der Waals surface area contributed by atoms with Crippen molar-refractivity contribution in [3.05, 3.63) is 82.8 Å². The van der Waals surface area contributed by atoms with Crippen LogP contribution in [-0.4, -0.2) is 20.0 Å². The van der Waals surface area contributed by atoms with E-state index >= 15 is 0 Å². The van der Waals surface area contributed by atoms with E-state index in [1.807, 2.05) is 6.92 Å². The molecule has 6 nitrogen and oxygen atoms in total. The number of nitrogens with one attached hydrogen (secondary N) is 1. The fraction of sp³-hybridized carbons (Fsp3) is 0.0870. The summed E-state index contributed by atoms with van der Waals surface area (Å²) >= 11 is 11.9. The third kappa shape index (κ3) is 4.75. The van der Waals surface area contributed by atoms with Crippen LogP contribution in [0.1, 0.15) is 6.92 Å². The molecule has 0 fully saturated rings. The number of rotatable bonds is 7. The Balaban J connectivity index is 1.78. The van der Waals surface area contributed by atoms with Crippen molar-refractivity contribution in [1.82, 2.24) is 4.98 Å². The molecule has 0 unspecified atom stereocenters. The minimum atomic E-state index is -4.00. The number of benzene rings is 3. The van der Waals surface area contributed by atoms with Crippen molar-refractivity contribution in [3.8, 4) is 17.2 Å². The fourth-order valence-electron chi connectivity index (χ4n) is 2.94. The normalized spacial score (nSPS) is 11.3. The highest BCUT2D eigenvalue weighted by molar-refractivity contribution is 7.91. The Hall–Kier alpha value is -3.00. The molecule has 32 heavy (non-hydrogen) atoms. The van der Waals surface area contributed by atoms with Gasteiger partial charge in [0, 0.05) is 21.3 Å². The van der Waals surface area contributed by atoms with Crippen LogP contribution in [0.5, 0.6) is 5.75 Å². The molecule has 0 radical (unpaired) electrons. The molecule has 4 rings (SSSR count). The molecule has 0 bridgehead atoms. The smallest absolute Gasteiger partial charge is 0.238 e. The second kappa shape index (κ2) is 9.24. The molecule has 164 valence electrons. The maximum absolute atomic E-state index is 13.3. The summed E-state index contributed by atoms with van der Waals surface area (Å²) in [5, 5.41) is 3.75. The van der Waals surface area contributed by atoms with E-state index in [1.165, 1.54) is 24.3 Å². The van der Waals surface area contributed by atoms with E-state index in [1.54, 1.807) is 48.5 Å². The summed E-state index contributed by atoms with van der Waals surface area (Å²) in [6, 6.07) is 19.7. The minimum absolute atomic E-state index is 0.00550. The summed E-state index contributed by atoms with van der Waals surface area (Å²) in [5.74, 6) is 0.836. The van der Waals surface area contributed by atoms with Crippen molar-refractivity contribution in [3.63, 3.8) is 0 Å². The number of ether oxygens (including phenoxy) is 1. The van der Waals surface area contributed by atoms with Crippen LogP contribution in [0, 0.1) is 0 Å². The lowest BCUT2D eigenvalue weighted by Crippen LogP contribution is -2.05. The Labute approximate surface area is 195 Å². The number of anilines is 2. The molecule has 3 aromatic carbocycles. The van der Waals surface area contributed by atoms with Gasteiger partial charge < -0.3 is 14.5 Å². The average Bonchev–Trinajstić information content (AvgIpc) is 3.21.